The van der Waals surface area contributed by atoms with E-state index in [9.17, 15) is 13.2 Å². The number of nitrogens with zero attached hydrogens (tertiary/aromatic N) is 5. The average Bonchev–Trinajstić information content (AvgIpc) is 3.62. The molecule has 0 saturated carbocycles. The van der Waals surface area contributed by atoms with Crippen LogP contribution in [0.15, 0.2) is 188 Å². The summed E-state index contributed by atoms with van der Waals surface area (Å²) in [5, 5.41) is 1.53. The molecule has 0 fully saturated rings. The van der Waals surface area contributed by atoms with E-state index < -0.39 is 11.7 Å². The molecule has 3 aromatic heterocycles. The molecule has 288 valence electrons. The van der Waals surface area contributed by atoms with Gasteiger partial charge in [0, 0.05) is 44.2 Å². The average molecular weight is 786 g/mol. The fourth-order valence-corrected chi connectivity index (χ4v) is 7.78. The van der Waals surface area contributed by atoms with Crippen LogP contribution in [0.5, 0.6) is 0 Å². The van der Waals surface area contributed by atoms with Crippen LogP contribution in [0.4, 0.5) is 13.2 Å². The number of hydrogen-bond donors (Lipinski definition) is 0. The van der Waals surface area contributed by atoms with E-state index >= 15 is 0 Å². The molecule has 60 heavy (non-hydrogen) atoms. The Balaban J connectivity index is 1.29. The van der Waals surface area contributed by atoms with Crippen molar-refractivity contribution < 1.29 is 13.2 Å². The molecule has 8 heteroatoms. The summed E-state index contributed by atoms with van der Waals surface area (Å²) in [4.78, 5) is 20.7. The summed E-state index contributed by atoms with van der Waals surface area (Å²) in [6.45, 7) is 1.98. The lowest BCUT2D eigenvalue weighted by atomic mass is 10.0. The number of benzene rings is 7. The predicted molar refractivity (Wildman–Crippen MR) is 234 cm³/mol. The minimum absolute atomic E-state index is 0.393. The Hall–Kier alpha value is -7.71. The second-order valence-electron chi connectivity index (χ2n) is 14.7. The first kappa shape index (κ1) is 36.6. The van der Waals surface area contributed by atoms with Crippen molar-refractivity contribution in [3.63, 3.8) is 0 Å². The summed E-state index contributed by atoms with van der Waals surface area (Å²) < 4.78 is 45.2. The minimum atomic E-state index is -4.55. The Kier molecular flexibility index (Phi) is 9.10. The maximum Gasteiger partial charge on any atom is 0.416 e. The summed E-state index contributed by atoms with van der Waals surface area (Å²) in [6.07, 6.45) is -4.55. The molecule has 0 atom stereocenters. The number of rotatable bonds is 7. The van der Waals surface area contributed by atoms with E-state index in [0.717, 1.165) is 56.2 Å². The summed E-state index contributed by atoms with van der Waals surface area (Å²) in [6, 6.07) is 59.4. The van der Waals surface area contributed by atoms with Crippen LogP contribution in [0, 0.1) is 6.92 Å². The molecule has 0 unspecified atom stereocenters. The second-order valence-corrected chi connectivity index (χ2v) is 14.7. The molecule has 0 bridgehead atoms. The molecule has 0 aliphatic heterocycles. The van der Waals surface area contributed by atoms with Gasteiger partial charge in [-0.3, -0.25) is 0 Å². The first-order chi connectivity index (χ1) is 29.3. The molecule has 5 nitrogen and oxygen atoms in total. The van der Waals surface area contributed by atoms with Gasteiger partial charge in [-0.05, 0) is 61.0 Å². The summed E-state index contributed by atoms with van der Waals surface area (Å²) in [7, 11) is 0. The van der Waals surface area contributed by atoms with E-state index in [1.165, 1.54) is 6.07 Å². The molecule has 0 spiro atoms. The van der Waals surface area contributed by atoms with E-state index in [-0.39, 0.29) is 0 Å². The highest BCUT2D eigenvalue weighted by Gasteiger charge is 2.31. The van der Waals surface area contributed by atoms with Crippen molar-refractivity contribution in [3.05, 3.63) is 199 Å². The van der Waals surface area contributed by atoms with Gasteiger partial charge in [0.15, 0.2) is 11.6 Å². The number of fused-ring (bicyclic) bond motifs is 3. The highest BCUT2D eigenvalue weighted by atomic mass is 19.4. The van der Waals surface area contributed by atoms with Crippen molar-refractivity contribution in [3.8, 4) is 73.5 Å². The van der Waals surface area contributed by atoms with Gasteiger partial charge in [-0.2, -0.15) is 13.2 Å². The monoisotopic (exact) mass is 785 g/mol. The van der Waals surface area contributed by atoms with Gasteiger partial charge in [0.1, 0.15) is 0 Å². The maximum absolute atomic E-state index is 14.4. The molecular weight excluding hydrogens is 752 g/mol. The summed E-state index contributed by atoms with van der Waals surface area (Å²) >= 11 is 0. The van der Waals surface area contributed by atoms with Crippen molar-refractivity contribution in [2.75, 3.05) is 0 Å². The fraction of sp³-hybridized carbons (Fsp3) is 0.0385. The largest absolute Gasteiger partial charge is 0.416 e. The molecule has 0 saturated heterocycles. The van der Waals surface area contributed by atoms with Crippen LogP contribution < -0.4 is 0 Å². The number of aromatic nitrogens is 5. The third-order valence-electron chi connectivity index (χ3n) is 10.7. The molecule has 0 aliphatic rings. The van der Waals surface area contributed by atoms with Gasteiger partial charge in [-0.25, -0.2) is 19.9 Å². The van der Waals surface area contributed by atoms with Gasteiger partial charge in [-0.15, -0.1) is 0 Å². The predicted octanol–water partition coefficient (Wildman–Crippen LogP) is 13.7. The van der Waals surface area contributed by atoms with Crippen molar-refractivity contribution in [1.29, 1.82) is 0 Å². The van der Waals surface area contributed by atoms with Crippen LogP contribution in [0.1, 0.15) is 11.1 Å². The van der Waals surface area contributed by atoms with E-state index in [4.69, 9.17) is 19.9 Å². The maximum atomic E-state index is 14.4. The topological polar surface area (TPSA) is 56.5 Å². The van der Waals surface area contributed by atoms with Crippen LogP contribution in [-0.4, -0.2) is 24.5 Å². The van der Waals surface area contributed by atoms with Crippen molar-refractivity contribution >= 4 is 21.8 Å². The second kappa shape index (κ2) is 14.9. The minimum Gasteiger partial charge on any atom is -0.308 e. The van der Waals surface area contributed by atoms with Gasteiger partial charge in [0.05, 0.1) is 45.1 Å². The molecule has 10 aromatic rings. The van der Waals surface area contributed by atoms with Crippen LogP contribution in [0.2, 0.25) is 0 Å². The highest BCUT2D eigenvalue weighted by molar-refractivity contribution is 6.10. The van der Waals surface area contributed by atoms with E-state index in [0.29, 0.717) is 50.8 Å². The van der Waals surface area contributed by atoms with Gasteiger partial charge in [0.2, 0.25) is 0 Å². The Morgan fingerprint density at radius 1 is 0.400 bits per heavy atom. The van der Waals surface area contributed by atoms with Crippen LogP contribution in [0.25, 0.3) is 95.3 Å². The molecule has 3 heterocycles. The van der Waals surface area contributed by atoms with Gasteiger partial charge < -0.3 is 4.57 Å². The van der Waals surface area contributed by atoms with Crippen LogP contribution in [0.3, 0.4) is 0 Å². The smallest absolute Gasteiger partial charge is 0.308 e. The number of alkyl halides is 3. The number of halogens is 3. The van der Waals surface area contributed by atoms with Gasteiger partial charge in [0.25, 0.3) is 0 Å². The van der Waals surface area contributed by atoms with Crippen LogP contribution >= 0.6 is 0 Å². The van der Waals surface area contributed by atoms with E-state index in [2.05, 4.69) is 0 Å². The SMILES string of the molecule is Cc1ccc2c3ccc(C(F)(F)F)cc3n(-c3ccc(-c4nc(-c5ccccc5)cc(-c5ccccc5)n4)cc3-c3nc(-c4ccccc4)cc(-c4ccccc4)n3)c2c1. The normalized spacial score (nSPS) is 11.7. The number of hydrogen-bond acceptors (Lipinski definition) is 4. The van der Waals surface area contributed by atoms with Crippen LogP contribution in [-0.2, 0) is 6.18 Å². The lowest BCUT2D eigenvalue weighted by Gasteiger charge is -2.17. The zero-order valence-electron chi connectivity index (χ0n) is 32.3. The van der Waals surface area contributed by atoms with Gasteiger partial charge >= 0.3 is 6.18 Å². The molecule has 0 radical (unpaired) electrons. The third kappa shape index (κ3) is 6.88. The molecular formula is C52H34F3N5. The van der Waals surface area contributed by atoms with Crippen molar-refractivity contribution in [2.24, 2.45) is 0 Å². The van der Waals surface area contributed by atoms with E-state index in [1.807, 2.05) is 181 Å². The molecule has 0 aliphatic carbocycles. The number of aryl methyl sites for hydroxylation is 1. The lowest BCUT2D eigenvalue weighted by molar-refractivity contribution is -0.137. The fourth-order valence-electron chi connectivity index (χ4n) is 7.78. The van der Waals surface area contributed by atoms with E-state index in [1.54, 1.807) is 6.07 Å². The Bertz CT molecular complexity index is 3070. The molecule has 0 N–H and O–H groups in total. The molecule has 7 aromatic carbocycles. The highest BCUT2D eigenvalue weighted by Crippen LogP contribution is 2.41. The van der Waals surface area contributed by atoms with Crippen molar-refractivity contribution in [2.45, 2.75) is 13.1 Å². The zero-order valence-corrected chi connectivity index (χ0v) is 32.3. The molecule has 10 rings (SSSR count). The Morgan fingerprint density at radius 2 is 0.833 bits per heavy atom. The Morgan fingerprint density at radius 3 is 1.30 bits per heavy atom. The zero-order chi connectivity index (χ0) is 40.8. The summed E-state index contributed by atoms with van der Waals surface area (Å²) in [5.41, 5.74) is 9.83. The van der Waals surface area contributed by atoms with Gasteiger partial charge in [-0.1, -0.05) is 140 Å². The summed E-state index contributed by atoms with van der Waals surface area (Å²) in [5.74, 6) is 0.868. The standard InChI is InChI=1S/C52H34F3N5/c1-33-22-25-40-41-26-24-39(52(53,54)55)30-49(41)60(48(40)28-33)47-27-23-38(50-56-43(34-14-6-2-7-15-34)31-44(57-50)35-16-8-3-9-17-35)29-42(47)51-58-45(36-18-10-4-11-19-36)32-46(59-51)37-20-12-5-13-21-37/h2-32H,1H3. The molecule has 0 amide bonds. The van der Waals surface area contributed by atoms with Crippen molar-refractivity contribution in [1.82, 2.24) is 24.5 Å². The lowest BCUT2D eigenvalue weighted by Crippen LogP contribution is -2.06. The first-order valence-electron chi connectivity index (χ1n) is 19.5. The third-order valence-corrected chi connectivity index (χ3v) is 10.7. The first-order valence-corrected chi connectivity index (χ1v) is 19.5. The Labute approximate surface area is 344 Å². The quantitative estimate of drug-likeness (QED) is 0.161.